The van der Waals surface area contributed by atoms with Crippen molar-refractivity contribution in [3.8, 4) is 0 Å². The Hall–Kier alpha value is -1.36. The highest BCUT2D eigenvalue weighted by Gasteiger charge is 2.33. The van der Waals surface area contributed by atoms with Gasteiger partial charge < -0.3 is 15.7 Å². The maximum absolute atomic E-state index is 9.69. The minimum Gasteiger partial charge on any atom is -0.396 e. The topological polar surface area (TPSA) is 70.1 Å². The van der Waals surface area contributed by atoms with Crippen molar-refractivity contribution in [2.45, 2.75) is 52.4 Å². The van der Waals surface area contributed by atoms with Crippen LogP contribution in [0.1, 0.15) is 51.8 Å². The first-order chi connectivity index (χ1) is 10.2. The second-order valence-electron chi connectivity index (χ2n) is 6.05. The average Bonchev–Trinajstić information content (AvgIpc) is 2.95. The van der Waals surface area contributed by atoms with Crippen molar-refractivity contribution >= 4 is 11.6 Å². The Morgan fingerprint density at radius 1 is 1.14 bits per heavy atom. The number of aliphatic hydroxyl groups excluding tert-OH is 1. The molecule has 0 amide bonds. The molecule has 2 rings (SSSR count). The van der Waals surface area contributed by atoms with E-state index in [9.17, 15) is 5.11 Å². The van der Waals surface area contributed by atoms with E-state index < -0.39 is 0 Å². The fourth-order valence-electron chi connectivity index (χ4n) is 2.99. The minimum atomic E-state index is 0.0359. The molecule has 118 valence electrons. The monoisotopic (exact) mass is 292 g/mol. The van der Waals surface area contributed by atoms with Gasteiger partial charge in [-0.1, -0.05) is 19.8 Å². The second kappa shape index (κ2) is 7.59. The fourth-order valence-corrected chi connectivity index (χ4v) is 2.99. The molecule has 1 aliphatic rings. The molecule has 5 heteroatoms. The predicted molar refractivity (Wildman–Crippen MR) is 86.7 cm³/mol. The van der Waals surface area contributed by atoms with Gasteiger partial charge in [0.1, 0.15) is 17.5 Å². The van der Waals surface area contributed by atoms with Gasteiger partial charge in [-0.05, 0) is 26.2 Å². The molecule has 0 atom stereocenters. The van der Waals surface area contributed by atoms with Gasteiger partial charge in [-0.2, -0.15) is 0 Å². The summed E-state index contributed by atoms with van der Waals surface area (Å²) >= 11 is 0. The van der Waals surface area contributed by atoms with E-state index >= 15 is 0 Å². The number of nitrogens with one attached hydrogen (secondary N) is 2. The van der Waals surface area contributed by atoms with Crippen LogP contribution in [0.3, 0.4) is 0 Å². The molecule has 0 spiro atoms. The molecule has 1 aliphatic carbocycles. The summed E-state index contributed by atoms with van der Waals surface area (Å²) in [6, 6.07) is 1.96. The Morgan fingerprint density at radius 3 is 2.38 bits per heavy atom. The van der Waals surface area contributed by atoms with Crippen LogP contribution >= 0.6 is 0 Å². The molecule has 3 N–H and O–H groups in total. The fraction of sp³-hybridized carbons (Fsp3) is 0.750. The molecule has 1 heterocycles. The lowest BCUT2D eigenvalue weighted by molar-refractivity contribution is 0.142. The second-order valence-corrected chi connectivity index (χ2v) is 6.05. The molecule has 0 unspecified atom stereocenters. The van der Waals surface area contributed by atoms with Crippen LogP contribution in [0.25, 0.3) is 0 Å². The van der Waals surface area contributed by atoms with Crippen LogP contribution < -0.4 is 10.6 Å². The molecule has 21 heavy (non-hydrogen) atoms. The lowest BCUT2D eigenvalue weighted by Crippen LogP contribution is -2.30. The number of hydrogen-bond donors (Lipinski definition) is 3. The number of aryl methyl sites for hydroxylation is 1. The van der Waals surface area contributed by atoms with Crippen LogP contribution in [0.5, 0.6) is 0 Å². The van der Waals surface area contributed by atoms with Crippen molar-refractivity contribution in [1.82, 2.24) is 9.97 Å². The Bertz CT molecular complexity index is 420. The Kier molecular flexibility index (Phi) is 5.79. The molecule has 0 radical (unpaired) electrons. The summed E-state index contributed by atoms with van der Waals surface area (Å²) in [6.45, 7) is 6.09. The summed E-state index contributed by atoms with van der Waals surface area (Å²) in [5.41, 5.74) is 0.0359. The van der Waals surface area contributed by atoms with E-state index in [4.69, 9.17) is 0 Å². The molecule has 0 aliphatic heterocycles. The Morgan fingerprint density at radius 2 is 1.81 bits per heavy atom. The van der Waals surface area contributed by atoms with Crippen molar-refractivity contribution in [3.05, 3.63) is 11.9 Å². The van der Waals surface area contributed by atoms with E-state index in [0.717, 1.165) is 56.2 Å². The highest BCUT2D eigenvalue weighted by molar-refractivity contribution is 5.47. The van der Waals surface area contributed by atoms with Gasteiger partial charge in [0.2, 0.25) is 0 Å². The summed E-state index contributed by atoms with van der Waals surface area (Å²) in [7, 11) is 0. The third kappa shape index (κ3) is 4.30. The predicted octanol–water partition coefficient (Wildman–Crippen LogP) is 2.83. The first-order valence-corrected chi connectivity index (χ1v) is 8.18. The maximum Gasteiger partial charge on any atom is 0.133 e. The number of hydrogen-bond acceptors (Lipinski definition) is 5. The van der Waals surface area contributed by atoms with Crippen molar-refractivity contribution in [2.24, 2.45) is 5.41 Å². The summed E-state index contributed by atoms with van der Waals surface area (Å²) in [4.78, 5) is 9.11. The zero-order chi connectivity index (χ0) is 15.1. The van der Waals surface area contributed by atoms with Gasteiger partial charge in [-0.15, -0.1) is 0 Å². The van der Waals surface area contributed by atoms with E-state index in [0.29, 0.717) is 0 Å². The zero-order valence-corrected chi connectivity index (χ0v) is 13.3. The molecular weight excluding hydrogens is 264 g/mol. The molecular formula is C16H28N4O. The van der Waals surface area contributed by atoms with E-state index in [1.165, 1.54) is 12.8 Å². The standard InChI is InChI=1S/C16H28N4O/c1-3-7-13-19-14(17-4-2)10-15(20-13)18-11-16(12-21)8-5-6-9-16/h10,21H,3-9,11-12H2,1-2H3,(H2,17,18,19,20). The first kappa shape index (κ1) is 16.0. The molecule has 5 nitrogen and oxygen atoms in total. The molecule has 0 saturated heterocycles. The number of rotatable bonds is 8. The Labute approximate surface area is 127 Å². The van der Waals surface area contributed by atoms with Crippen LogP contribution in [-0.2, 0) is 6.42 Å². The third-order valence-electron chi connectivity index (χ3n) is 4.25. The van der Waals surface area contributed by atoms with Gasteiger partial charge in [0.15, 0.2) is 0 Å². The lowest BCUT2D eigenvalue weighted by Gasteiger charge is -2.27. The number of nitrogens with zero attached hydrogens (tertiary/aromatic N) is 2. The zero-order valence-electron chi connectivity index (χ0n) is 13.3. The van der Waals surface area contributed by atoms with Gasteiger partial charge in [0.25, 0.3) is 0 Å². The van der Waals surface area contributed by atoms with E-state index in [-0.39, 0.29) is 12.0 Å². The molecule has 1 aromatic heterocycles. The maximum atomic E-state index is 9.69. The van der Waals surface area contributed by atoms with E-state index in [1.807, 2.05) is 6.07 Å². The number of aromatic nitrogens is 2. The van der Waals surface area contributed by atoms with E-state index in [1.54, 1.807) is 0 Å². The van der Waals surface area contributed by atoms with Crippen LogP contribution in [0.4, 0.5) is 11.6 Å². The van der Waals surface area contributed by atoms with Crippen LogP contribution in [-0.4, -0.2) is 34.8 Å². The van der Waals surface area contributed by atoms with Gasteiger partial charge in [-0.25, -0.2) is 9.97 Å². The van der Waals surface area contributed by atoms with Crippen LogP contribution in [0.2, 0.25) is 0 Å². The highest BCUT2D eigenvalue weighted by Crippen LogP contribution is 2.37. The number of aliphatic hydroxyl groups is 1. The Balaban J connectivity index is 2.07. The summed E-state index contributed by atoms with van der Waals surface area (Å²) < 4.78 is 0. The highest BCUT2D eigenvalue weighted by atomic mass is 16.3. The van der Waals surface area contributed by atoms with Gasteiger partial charge >= 0.3 is 0 Å². The summed E-state index contributed by atoms with van der Waals surface area (Å²) in [5.74, 6) is 2.62. The smallest absolute Gasteiger partial charge is 0.133 e. The number of anilines is 2. The summed E-state index contributed by atoms with van der Waals surface area (Å²) in [5, 5.41) is 16.4. The molecule has 1 fully saturated rings. The average molecular weight is 292 g/mol. The van der Waals surface area contributed by atoms with Gasteiger partial charge in [0, 0.05) is 31.0 Å². The lowest BCUT2D eigenvalue weighted by atomic mass is 9.87. The molecule has 1 saturated carbocycles. The largest absolute Gasteiger partial charge is 0.396 e. The quantitative estimate of drug-likeness (QED) is 0.687. The first-order valence-electron chi connectivity index (χ1n) is 8.18. The normalized spacial score (nSPS) is 16.9. The van der Waals surface area contributed by atoms with Crippen molar-refractivity contribution in [1.29, 1.82) is 0 Å². The van der Waals surface area contributed by atoms with Crippen LogP contribution in [0, 0.1) is 5.41 Å². The van der Waals surface area contributed by atoms with Gasteiger partial charge in [0.05, 0.1) is 6.61 Å². The van der Waals surface area contributed by atoms with Crippen molar-refractivity contribution in [3.63, 3.8) is 0 Å². The third-order valence-corrected chi connectivity index (χ3v) is 4.25. The molecule has 1 aromatic rings. The van der Waals surface area contributed by atoms with E-state index in [2.05, 4.69) is 34.4 Å². The molecule has 0 aromatic carbocycles. The van der Waals surface area contributed by atoms with Crippen molar-refractivity contribution in [2.75, 3.05) is 30.3 Å². The minimum absolute atomic E-state index is 0.0359. The summed E-state index contributed by atoms with van der Waals surface area (Å²) in [6.07, 6.45) is 6.56. The van der Waals surface area contributed by atoms with Crippen molar-refractivity contribution < 1.29 is 5.11 Å². The SMILES string of the molecule is CCCc1nc(NCC)cc(NCC2(CO)CCCC2)n1. The van der Waals surface area contributed by atoms with Gasteiger partial charge in [-0.3, -0.25) is 0 Å². The molecule has 0 bridgehead atoms. The van der Waals surface area contributed by atoms with Crippen LogP contribution in [0.15, 0.2) is 6.07 Å².